The number of amides is 1. The fourth-order valence-corrected chi connectivity index (χ4v) is 3.57. The summed E-state index contributed by atoms with van der Waals surface area (Å²) in [5, 5.41) is 43.4. The van der Waals surface area contributed by atoms with Crippen LogP contribution in [-0.2, 0) is 42.7 Å². The Hall–Kier alpha value is -1.46. The number of aliphatic hydroxyl groups is 4. The summed E-state index contributed by atoms with van der Waals surface area (Å²) in [6.45, 7) is 1.16. The molecular formula is C19H33NO13. The second kappa shape index (κ2) is 12.9. The summed E-state index contributed by atoms with van der Waals surface area (Å²) < 4.78 is 36.7. The minimum Gasteiger partial charge on any atom is -0.464 e. The first kappa shape index (κ1) is 27.8. The molecule has 2 saturated heterocycles. The average Bonchev–Trinajstić information content (AvgIpc) is 2.81. The second-order valence-electron chi connectivity index (χ2n) is 7.32. The molecule has 14 nitrogen and oxygen atoms in total. The molecular weight excluding hydrogens is 450 g/mol. The lowest BCUT2D eigenvalue weighted by molar-refractivity contribution is -0.306. The van der Waals surface area contributed by atoms with Crippen LogP contribution in [0.5, 0.6) is 0 Å². The standard InChI is InChI=1S/C19H33NO13/c1-5-29-17(26)15-13(9(22)10(23)18(28-4)33-15)30-6-7-31-19-11(24)8(21)12(27-3)14(32-19)16(25)20-2/h8-15,18-19,21-24H,5-7H2,1-4H3,(H,20,25)/t8-,9-,10+,11+,12+,13+,14?,15?,18+,19+/m1/s1. The van der Waals surface area contributed by atoms with E-state index < -0.39 is 73.3 Å². The molecule has 2 heterocycles. The molecule has 0 spiro atoms. The number of methoxy groups -OCH3 is 2. The Bertz CT molecular complexity index is 637. The highest BCUT2D eigenvalue weighted by molar-refractivity contribution is 5.81. The second-order valence-corrected chi connectivity index (χ2v) is 7.32. The maximum Gasteiger partial charge on any atom is 0.338 e. The van der Waals surface area contributed by atoms with Gasteiger partial charge in [0.2, 0.25) is 0 Å². The van der Waals surface area contributed by atoms with Gasteiger partial charge >= 0.3 is 5.97 Å². The SMILES string of the molecule is CCOC(=O)C1O[C@H](OC)[C@@H](O)[C@@H](O)[C@@H]1OCCO[C@H]1OC(C(=O)NC)[C@@H](OC)[C@H](O)[C@@H]1O. The molecule has 0 aromatic carbocycles. The summed E-state index contributed by atoms with van der Waals surface area (Å²) in [5.41, 5.74) is 0. The van der Waals surface area contributed by atoms with Crippen molar-refractivity contribution in [3.63, 3.8) is 0 Å². The van der Waals surface area contributed by atoms with Crippen molar-refractivity contribution in [3.05, 3.63) is 0 Å². The first-order valence-electron chi connectivity index (χ1n) is 10.4. The number of carbonyl (C=O) groups excluding carboxylic acids is 2. The quantitative estimate of drug-likeness (QED) is 0.150. The number of ether oxygens (including phenoxy) is 7. The Morgan fingerprint density at radius 1 is 0.818 bits per heavy atom. The lowest BCUT2D eigenvalue weighted by Crippen LogP contribution is -2.62. The number of hydrogen-bond donors (Lipinski definition) is 5. The molecule has 0 aliphatic carbocycles. The molecule has 1 amide bonds. The minimum atomic E-state index is -1.54. The lowest BCUT2D eigenvalue weighted by Gasteiger charge is -2.41. The van der Waals surface area contributed by atoms with Gasteiger partial charge in [-0.1, -0.05) is 0 Å². The fraction of sp³-hybridized carbons (Fsp3) is 0.895. The number of nitrogens with one attached hydrogen (secondary N) is 1. The molecule has 2 fully saturated rings. The van der Waals surface area contributed by atoms with Gasteiger partial charge in [-0.3, -0.25) is 4.79 Å². The largest absolute Gasteiger partial charge is 0.464 e. The molecule has 0 aromatic heterocycles. The van der Waals surface area contributed by atoms with Crippen molar-refractivity contribution in [1.82, 2.24) is 5.32 Å². The zero-order valence-corrected chi connectivity index (χ0v) is 18.9. The molecule has 0 saturated carbocycles. The fourth-order valence-electron chi connectivity index (χ4n) is 3.57. The van der Waals surface area contributed by atoms with E-state index in [4.69, 9.17) is 33.2 Å². The summed E-state index contributed by atoms with van der Waals surface area (Å²) in [6, 6.07) is 0. The minimum absolute atomic E-state index is 0.0546. The summed E-state index contributed by atoms with van der Waals surface area (Å²) in [7, 11) is 3.87. The highest BCUT2D eigenvalue weighted by Gasteiger charge is 2.50. The Morgan fingerprint density at radius 3 is 1.97 bits per heavy atom. The van der Waals surface area contributed by atoms with Crippen LogP contribution in [0.25, 0.3) is 0 Å². The van der Waals surface area contributed by atoms with E-state index in [-0.39, 0.29) is 19.8 Å². The van der Waals surface area contributed by atoms with Gasteiger partial charge in [0.25, 0.3) is 5.91 Å². The van der Waals surface area contributed by atoms with Gasteiger partial charge in [-0.2, -0.15) is 0 Å². The van der Waals surface area contributed by atoms with Crippen LogP contribution < -0.4 is 5.32 Å². The topological polar surface area (TPSA) is 192 Å². The van der Waals surface area contributed by atoms with Crippen LogP contribution in [0.1, 0.15) is 6.92 Å². The molecule has 2 unspecified atom stereocenters. The Morgan fingerprint density at radius 2 is 1.39 bits per heavy atom. The van der Waals surface area contributed by atoms with Gasteiger partial charge in [0.05, 0.1) is 19.8 Å². The summed E-state index contributed by atoms with van der Waals surface area (Å²) in [5.74, 6) is -1.40. The first-order valence-corrected chi connectivity index (χ1v) is 10.4. The van der Waals surface area contributed by atoms with Gasteiger partial charge in [-0.15, -0.1) is 0 Å². The third-order valence-electron chi connectivity index (χ3n) is 5.29. The van der Waals surface area contributed by atoms with Gasteiger partial charge < -0.3 is 58.9 Å². The van der Waals surface area contributed by atoms with Crippen molar-refractivity contribution in [2.24, 2.45) is 0 Å². The first-order chi connectivity index (χ1) is 15.7. The zero-order chi connectivity index (χ0) is 24.7. The van der Waals surface area contributed by atoms with E-state index in [1.807, 2.05) is 0 Å². The number of hydrogen-bond acceptors (Lipinski definition) is 13. The van der Waals surface area contributed by atoms with E-state index in [0.717, 1.165) is 0 Å². The zero-order valence-electron chi connectivity index (χ0n) is 18.9. The molecule has 2 aliphatic heterocycles. The van der Waals surface area contributed by atoms with Crippen LogP contribution in [-0.4, -0.2) is 135 Å². The van der Waals surface area contributed by atoms with Crippen molar-refractivity contribution in [1.29, 1.82) is 0 Å². The number of esters is 1. The molecule has 2 rings (SSSR count). The van der Waals surface area contributed by atoms with Crippen molar-refractivity contribution in [3.8, 4) is 0 Å². The van der Waals surface area contributed by atoms with E-state index in [1.54, 1.807) is 6.92 Å². The Labute approximate surface area is 190 Å². The van der Waals surface area contributed by atoms with Crippen LogP contribution >= 0.6 is 0 Å². The van der Waals surface area contributed by atoms with Crippen molar-refractivity contribution in [2.45, 2.75) is 68.3 Å². The molecule has 14 heteroatoms. The van der Waals surface area contributed by atoms with Crippen LogP contribution in [0.3, 0.4) is 0 Å². The number of likely N-dealkylation sites (N-methyl/N-ethyl adjacent to an activating group) is 1. The average molecular weight is 483 g/mol. The van der Waals surface area contributed by atoms with Gasteiger partial charge in [0.1, 0.15) is 36.6 Å². The molecule has 0 aromatic rings. The molecule has 33 heavy (non-hydrogen) atoms. The normalized spacial score (nSPS) is 39.2. The molecule has 192 valence electrons. The summed E-state index contributed by atoms with van der Waals surface area (Å²) >= 11 is 0. The summed E-state index contributed by atoms with van der Waals surface area (Å²) in [4.78, 5) is 24.3. The van der Waals surface area contributed by atoms with Crippen LogP contribution in [0.2, 0.25) is 0 Å². The van der Waals surface area contributed by atoms with E-state index in [0.29, 0.717) is 0 Å². The van der Waals surface area contributed by atoms with Gasteiger partial charge in [-0.05, 0) is 6.92 Å². The lowest BCUT2D eigenvalue weighted by atomic mass is 9.98. The number of rotatable bonds is 10. The van der Waals surface area contributed by atoms with Crippen molar-refractivity contribution in [2.75, 3.05) is 41.1 Å². The van der Waals surface area contributed by atoms with E-state index in [2.05, 4.69) is 5.32 Å². The van der Waals surface area contributed by atoms with Gasteiger partial charge in [0.15, 0.2) is 24.8 Å². The summed E-state index contributed by atoms with van der Waals surface area (Å²) in [6.07, 6.45) is -13.8. The van der Waals surface area contributed by atoms with Crippen LogP contribution in [0.4, 0.5) is 0 Å². The number of carbonyl (C=O) groups is 2. The smallest absolute Gasteiger partial charge is 0.338 e. The van der Waals surface area contributed by atoms with Crippen LogP contribution in [0.15, 0.2) is 0 Å². The molecule has 0 radical (unpaired) electrons. The highest BCUT2D eigenvalue weighted by Crippen LogP contribution is 2.26. The Kier molecular flexibility index (Phi) is 10.8. The van der Waals surface area contributed by atoms with E-state index in [9.17, 15) is 30.0 Å². The molecule has 10 atom stereocenters. The number of aliphatic hydroxyl groups excluding tert-OH is 4. The maximum atomic E-state index is 12.2. The third kappa shape index (κ3) is 6.36. The van der Waals surface area contributed by atoms with E-state index in [1.165, 1.54) is 21.3 Å². The van der Waals surface area contributed by atoms with Gasteiger partial charge in [-0.25, -0.2) is 4.79 Å². The predicted octanol–water partition coefficient (Wildman–Crippen LogP) is -3.75. The van der Waals surface area contributed by atoms with E-state index >= 15 is 0 Å². The third-order valence-corrected chi connectivity index (χ3v) is 5.29. The van der Waals surface area contributed by atoms with Gasteiger partial charge in [0, 0.05) is 21.3 Å². The molecule has 5 N–H and O–H groups in total. The highest BCUT2D eigenvalue weighted by atomic mass is 16.7. The Balaban J connectivity index is 1.98. The predicted molar refractivity (Wildman–Crippen MR) is 106 cm³/mol. The maximum absolute atomic E-state index is 12.2. The van der Waals surface area contributed by atoms with Crippen molar-refractivity contribution < 1.29 is 63.2 Å². The molecule has 2 aliphatic rings. The van der Waals surface area contributed by atoms with Crippen LogP contribution in [0, 0.1) is 0 Å². The van der Waals surface area contributed by atoms with Crippen molar-refractivity contribution >= 4 is 11.9 Å². The monoisotopic (exact) mass is 483 g/mol. The molecule has 0 bridgehead atoms.